The lowest BCUT2D eigenvalue weighted by Gasteiger charge is -2.12. The van der Waals surface area contributed by atoms with Crippen molar-refractivity contribution in [3.8, 4) is 17.1 Å². The lowest BCUT2D eigenvalue weighted by molar-refractivity contribution is 0.306. The monoisotopic (exact) mass is 596 g/mol. The molecule has 12 heteroatoms. The molecule has 3 aromatic carbocycles. The van der Waals surface area contributed by atoms with E-state index < -0.39 is 10.1 Å². The summed E-state index contributed by atoms with van der Waals surface area (Å²) >= 11 is 6.47. The third-order valence-corrected chi connectivity index (χ3v) is 6.83. The minimum atomic E-state index is -3.46. The number of anilines is 2. The molecule has 0 atom stereocenters. The van der Waals surface area contributed by atoms with E-state index in [9.17, 15) is 12.8 Å². The number of aromatic nitrogens is 2. The number of benzene rings is 3. The molecule has 41 heavy (non-hydrogen) atoms. The van der Waals surface area contributed by atoms with E-state index in [2.05, 4.69) is 20.6 Å². The van der Waals surface area contributed by atoms with Gasteiger partial charge < -0.3 is 19.8 Å². The molecule has 2 heterocycles. The zero-order valence-electron chi connectivity index (χ0n) is 21.9. The van der Waals surface area contributed by atoms with Crippen molar-refractivity contribution in [2.45, 2.75) is 13.2 Å². The third-order valence-electron chi connectivity index (χ3n) is 5.93. The number of rotatable bonds is 12. The average molecular weight is 597 g/mol. The van der Waals surface area contributed by atoms with Crippen LogP contribution in [0.4, 0.5) is 15.9 Å². The van der Waals surface area contributed by atoms with Gasteiger partial charge in [0.2, 0.25) is 0 Å². The first-order chi connectivity index (χ1) is 19.7. The Bertz CT molecular complexity index is 1780. The van der Waals surface area contributed by atoms with Crippen LogP contribution in [0.5, 0.6) is 5.75 Å². The number of furan rings is 1. The quantitative estimate of drug-likeness (QED) is 0.131. The molecule has 0 amide bonds. The van der Waals surface area contributed by atoms with Gasteiger partial charge >= 0.3 is 0 Å². The highest BCUT2D eigenvalue weighted by Crippen LogP contribution is 2.32. The Morgan fingerprint density at radius 1 is 1.02 bits per heavy atom. The summed E-state index contributed by atoms with van der Waals surface area (Å²) in [7, 11) is -3.46. The van der Waals surface area contributed by atoms with Crippen LogP contribution in [0, 0.1) is 5.82 Å². The summed E-state index contributed by atoms with van der Waals surface area (Å²) in [6, 6.07) is 20.9. The van der Waals surface area contributed by atoms with E-state index >= 15 is 0 Å². The fraction of sp³-hybridized carbons (Fsp3) is 0.172. The van der Waals surface area contributed by atoms with E-state index in [0.717, 1.165) is 22.7 Å². The van der Waals surface area contributed by atoms with Crippen LogP contribution < -0.4 is 15.4 Å². The van der Waals surface area contributed by atoms with E-state index in [0.29, 0.717) is 52.5 Å². The molecule has 0 aliphatic rings. The van der Waals surface area contributed by atoms with Gasteiger partial charge in [0.1, 0.15) is 41.8 Å². The fourth-order valence-corrected chi connectivity index (χ4v) is 4.66. The minimum absolute atomic E-state index is 0.0444. The van der Waals surface area contributed by atoms with Gasteiger partial charge in [0.25, 0.3) is 10.1 Å². The second-order valence-electron chi connectivity index (χ2n) is 9.11. The normalized spacial score (nSPS) is 11.6. The molecule has 0 unspecified atom stereocenters. The van der Waals surface area contributed by atoms with Crippen LogP contribution in [0.2, 0.25) is 5.02 Å². The predicted octanol–water partition coefficient (Wildman–Crippen LogP) is 6.07. The van der Waals surface area contributed by atoms with Gasteiger partial charge in [-0.25, -0.2) is 14.4 Å². The largest absolute Gasteiger partial charge is 0.487 e. The lowest BCUT2D eigenvalue weighted by Crippen LogP contribution is -2.20. The summed E-state index contributed by atoms with van der Waals surface area (Å²) in [5.74, 6) is 2.09. The Labute approximate surface area is 241 Å². The molecule has 0 fully saturated rings. The van der Waals surface area contributed by atoms with E-state index in [-0.39, 0.29) is 19.0 Å². The van der Waals surface area contributed by atoms with Crippen LogP contribution in [0.25, 0.3) is 22.2 Å². The Kier molecular flexibility index (Phi) is 8.79. The van der Waals surface area contributed by atoms with Crippen LogP contribution in [0.3, 0.4) is 0 Å². The van der Waals surface area contributed by atoms with Gasteiger partial charge in [0.05, 0.1) is 29.9 Å². The number of nitrogens with one attached hydrogen (secondary N) is 2. The van der Waals surface area contributed by atoms with Crippen LogP contribution in [0.15, 0.2) is 83.5 Å². The molecule has 0 bridgehead atoms. The molecule has 212 valence electrons. The Morgan fingerprint density at radius 2 is 1.90 bits per heavy atom. The van der Waals surface area contributed by atoms with Crippen molar-refractivity contribution in [2.75, 3.05) is 24.7 Å². The van der Waals surface area contributed by atoms with Crippen LogP contribution in [-0.2, 0) is 27.5 Å². The van der Waals surface area contributed by atoms with Gasteiger partial charge in [-0.3, -0.25) is 4.18 Å². The van der Waals surface area contributed by atoms with Crippen molar-refractivity contribution >= 4 is 44.1 Å². The van der Waals surface area contributed by atoms with Crippen molar-refractivity contribution < 1.29 is 26.1 Å². The molecule has 2 aromatic heterocycles. The van der Waals surface area contributed by atoms with E-state index in [1.54, 1.807) is 24.3 Å². The smallest absolute Gasteiger partial charge is 0.264 e. The maximum absolute atomic E-state index is 13.4. The summed E-state index contributed by atoms with van der Waals surface area (Å²) in [5.41, 5.74) is 2.98. The van der Waals surface area contributed by atoms with Gasteiger partial charge in [-0.05, 0) is 66.2 Å². The molecule has 0 saturated carbocycles. The second kappa shape index (κ2) is 12.6. The SMILES string of the molecule is CS(=O)(=O)OCCNCc1ccc(-c2ccc3ncnc(Nc4ccc(OCc5cccc(F)c5)c(Cl)c4)c3c2)o1. The number of nitrogens with zero attached hydrogens (tertiary/aromatic N) is 2. The lowest BCUT2D eigenvalue weighted by atomic mass is 10.1. The first kappa shape index (κ1) is 28.5. The van der Waals surface area contributed by atoms with E-state index in [1.165, 1.54) is 18.5 Å². The van der Waals surface area contributed by atoms with Crippen LogP contribution >= 0.6 is 11.6 Å². The Morgan fingerprint density at radius 3 is 2.71 bits per heavy atom. The molecule has 0 saturated heterocycles. The summed E-state index contributed by atoms with van der Waals surface area (Å²) < 4.78 is 52.0. The highest BCUT2D eigenvalue weighted by Gasteiger charge is 2.11. The maximum atomic E-state index is 13.4. The van der Waals surface area contributed by atoms with Crippen molar-refractivity contribution in [3.63, 3.8) is 0 Å². The second-order valence-corrected chi connectivity index (χ2v) is 11.2. The van der Waals surface area contributed by atoms with Gasteiger partial charge in [-0.15, -0.1) is 0 Å². The van der Waals surface area contributed by atoms with Gasteiger partial charge in [0, 0.05) is 23.2 Å². The van der Waals surface area contributed by atoms with Gasteiger partial charge in [-0.2, -0.15) is 8.42 Å². The van der Waals surface area contributed by atoms with Gasteiger partial charge in [-0.1, -0.05) is 23.7 Å². The first-order valence-corrected chi connectivity index (χ1v) is 14.8. The topological polar surface area (TPSA) is 116 Å². The number of hydrogen-bond donors (Lipinski definition) is 2. The molecule has 5 aromatic rings. The fourth-order valence-electron chi connectivity index (χ4n) is 4.03. The summed E-state index contributed by atoms with van der Waals surface area (Å²) in [6.45, 7) is 1.00. The van der Waals surface area contributed by atoms with Crippen LogP contribution in [0.1, 0.15) is 11.3 Å². The van der Waals surface area contributed by atoms with Crippen molar-refractivity contribution in [3.05, 3.63) is 101 Å². The highest BCUT2D eigenvalue weighted by molar-refractivity contribution is 7.85. The molecule has 0 aliphatic heterocycles. The zero-order chi connectivity index (χ0) is 28.8. The first-order valence-electron chi connectivity index (χ1n) is 12.6. The molecular formula is C29H26ClFN4O5S. The average Bonchev–Trinajstić information content (AvgIpc) is 3.41. The molecule has 5 rings (SSSR count). The molecule has 0 spiro atoms. The minimum Gasteiger partial charge on any atom is -0.487 e. The number of fused-ring (bicyclic) bond motifs is 1. The summed E-state index contributed by atoms with van der Waals surface area (Å²) in [6.07, 6.45) is 2.49. The molecule has 0 radical (unpaired) electrons. The van der Waals surface area contributed by atoms with Crippen molar-refractivity contribution in [1.82, 2.24) is 15.3 Å². The van der Waals surface area contributed by atoms with Crippen molar-refractivity contribution in [2.24, 2.45) is 0 Å². The third kappa shape index (κ3) is 7.80. The number of ether oxygens (including phenoxy) is 1. The van der Waals surface area contributed by atoms with E-state index in [1.807, 2.05) is 36.4 Å². The molecule has 9 nitrogen and oxygen atoms in total. The van der Waals surface area contributed by atoms with Gasteiger partial charge in [0.15, 0.2) is 0 Å². The number of hydrogen-bond acceptors (Lipinski definition) is 9. The zero-order valence-corrected chi connectivity index (χ0v) is 23.5. The standard InChI is InChI=1S/C29H26ClFN4O5S/c1-41(36,37)39-12-11-32-16-23-7-10-27(40-23)20-5-8-26-24(14-20)29(34-18-33-26)35-22-6-9-28(25(30)15-22)38-17-19-3-2-4-21(31)13-19/h2-10,13-15,18,32H,11-12,16-17H2,1H3,(H,33,34,35). The summed E-state index contributed by atoms with van der Waals surface area (Å²) in [5, 5.41) is 7.55. The predicted molar refractivity (Wildman–Crippen MR) is 155 cm³/mol. The summed E-state index contributed by atoms with van der Waals surface area (Å²) in [4.78, 5) is 8.80. The molecule has 2 N–H and O–H groups in total. The maximum Gasteiger partial charge on any atom is 0.264 e. The Balaban J connectivity index is 1.26. The van der Waals surface area contributed by atoms with Crippen molar-refractivity contribution in [1.29, 1.82) is 0 Å². The Hall–Kier alpha value is -4.03. The molecule has 0 aliphatic carbocycles. The molecular weight excluding hydrogens is 571 g/mol. The highest BCUT2D eigenvalue weighted by atomic mass is 35.5. The van der Waals surface area contributed by atoms with E-state index in [4.69, 9.17) is 24.9 Å². The number of halogens is 2. The van der Waals surface area contributed by atoms with Crippen LogP contribution in [-0.4, -0.2) is 37.8 Å².